The van der Waals surface area contributed by atoms with Crippen molar-refractivity contribution in [1.29, 1.82) is 0 Å². The van der Waals surface area contributed by atoms with Crippen LogP contribution < -0.4 is 16.0 Å². The Morgan fingerprint density at radius 1 is 1.19 bits per heavy atom. The lowest BCUT2D eigenvalue weighted by atomic mass is 10.1. The number of halogens is 1. The molecule has 0 aliphatic carbocycles. The van der Waals surface area contributed by atoms with Crippen LogP contribution in [-0.2, 0) is 11.3 Å². The zero-order chi connectivity index (χ0) is 18.6. The molecule has 1 aromatic carbocycles. The van der Waals surface area contributed by atoms with Crippen LogP contribution in [0.4, 0.5) is 5.69 Å². The molecule has 1 fully saturated rings. The normalized spacial score (nSPS) is 15.0. The number of likely N-dealkylation sites (tertiary alicyclic amines) is 1. The van der Waals surface area contributed by atoms with E-state index in [-0.39, 0.29) is 29.9 Å². The van der Waals surface area contributed by atoms with Crippen LogP contribution in [0, 0.1) is 0 Å². The first-order chi connectivity index (χ1) is 12.7. The minimum Gasteiger partial charge on any atom is -0.355 e. The van der Waals surface area contributed by atoms with E-state index in [2.05, 4.69) is 25.8 Å². The fourth-order valence-electron chi connectivity index (χ4n) is 3.13. The topological polar surface area (TPSA) is 68.8 Å². The molecule has 6 nitrogen and oxygen atoms in total. The van der Waals surface area contributed by atoms with Crippen LogP contribution in [0.15, 0.2) is 29.3 Å². The fourth-order valence-corrected chi connectivity index (χ4v) is 3.13. The third kappa shape index (κ3) is 9.41. The number of aliphatic imine (C=N–C) groups is 1. The fraction of sp³-hybridized carbons (Fsp3) is 0.600. The van der Waals surface area contributed by atoms with Gasteiger partial charge in [0.1, 0.15) is 0 Å². The van der Waals surface area contributed by atoms with Crippen molar-refractivity contribution in [3.05, 3.63) is 29.8 Å². The molecule has 1 aromatic rings. The van der Waals surface area contributed by atoms with Gasteiger partial charge in [-0.25, -0.2) is 0 Å². The number of nitrogens with one attached hydrogen (secondary N) is 3. The largest absolute Gasteiger partial charge is 0.355 e. The Morgan fingerprint density at radius 2 is 1.96 bits per heavy atom. The van der Waals surface area contributed by atoms with Crippen LogP contribution in [0.25, 0.3) is 0 Å². The summed E-state index contributed by atoms with van der Waals surface area (Å²) in [5, 5.41) is 9.65. The zero-order valence-electron chi connectivity index (χ0n) is 16.6. The van der Waals surface area contributed by atoms with Crippen molar-refractivity contribution in [2.75, 3.05) is 38.5 Å². The van der Waals surface area contributed by atoms with Crippen LogP contribution in [0.1, 0.15) is 44.6 Å². The van der Waals surface area contributed by atoms with Crippen LogP contribution in [0.5, 0.6) is 0 Å². The number of carbonyl (C=O) groups excluding carboxylic acids is 1. The smallest absolute Gasteiger partial charge is 0.224 e. The summed E-state index contributed by atoms with van der Waals surface area (Å²) in [4.78, 5) is 18.5. The third-order valence-corrected chi connectivity index (χ3v) is 4.54. The summed E-state index contributed by atoms with van der Waals surface area (Å²) in [5.74, 6) is 0.871. The second kappa shape index (κ2) is 13.8. The molecule has 1 aliphatic heterocycles. The van der Waals surface area contributed by atoms with Crippen molar-refractivity contribution in [1.82, 2.24) is 15.5 Å². The Kier molecular flexibility index (Phi) is 12.1. The molecule has 2 rings (SSSR count). The van der Waals surface area contributed by atoms with Gasteiger partial charge in [0, 0.05) is 38.8 Å². The lowest BCUT2D eigenvalue weighted by molar-refractivity contribution is -0.116. The number of piperidine rings is 1. The van der Waals surface area contributed by atoms with Crippen molar-refractivity contribution < 1.29 is 4.79 Å². The molecule has 0 spiro atoms. The highest BCUT2D eigenvalue weighted by Gasteiger charge is 2.09. The van der Waals surface area contributed by atoms with Gasteiger partial charge in [-0.05, 0) is 50.0 Å². The summed E-state index contributed by atoms with van der Waals surface area (Å²) in [6, 6.07) is 7.93. The second-order valence-electron chi connectivity index (χ2n) is 6.75. The summed E-state index contributed by atoms with van der Waals surface area (Å²) >= 11 is 0. The minimum absolute atomic E-state index is 0. The summed E-state index contributed by atoms with van der Waals surface area (Å²) in [6.07, 6.45) is 5.41. The highest BCUT2D eigenvalue weighted by atomic mass is 127. The molecule has 1 aliphatic rings. The first-order valence-corrected chi connectivity index (χ1v) is 9.77. The minimum atomic E-state index is 0. The molecule has 152 valence electrons. The molecule has 0 bridgehead atoms. The number of nitrogens with zero attached hydrogens (tertiary/aromatic N) is 2. The molecule has 7 heteroatoms. The maximum Gasteiger partial charge on any atom is 0.224 e. The maximum absolute atomic E-state index is 11.7. The molecular formula is C20H34IN5O. The summed E-state index contributed by atoms with van der Waals surface area (Å²) < 4.78 is 0. The predicted molar refractivity (Wildman–Crippen MR) is 124 cm³/mol. The number of anilines is 1. The lowest BCUT2D eigenvalue weighted by Gasteiger charge is -2.26. The van der Waals surface area contributed by atoms with E-state index in [1.165, 1.54) is 32.4 Å². The molecule has 0 unspecified atom stereocenters. The van der Waals surface area contributed by atoms with Gasteiger partial charge in [-0.15, -0.1) is 24.0 Å². The Labute approximate surface area is 180 Å². The van der Waals surface area contributed by atoms with Gasteiger partial charge in [-0.1, -0.05) is 25.5 Å². The number of hydrogen-bond donors (Lipinski definition) is 3. The van der Waals surface area contributed by atoms with Crippen LogP contribution in [0.3, 0.4) is 0 Å². The average Bonchev–Trinajstić information content (AvgIpc) is 2.66. The second-order valence-corrected chi connectivity index (χ2v) is 6.75. The van der Waals surface area contributed by atoms with E-state index in [0.717, 1.165) is 36.7 Å². The molecule has 3 N–H and O–H groups in total. The summed E-state index contributed by atoms with van der Waals surface area (Å²) in [6.45, 7) is 7.05. The highest BCUT2D eigenvalue weighted by Crippen LogP contribution is 2.11. The molecule has 1 amide bonds. The van der Waals surface area contributed by atoms with Crippen molar-refractivity contribution in [2.45, 2.75) is 45.6 Å². The number of benzene rings is 1. The standard InChI is InChI=1S/C20H33N5O.HI/c1-3-8-19(26)24-18-10-7-9-17(15-18)16-23-20(21-2)22-11-14-25-12-5-4-6-13-25;/h7,9-10,15H,3-6,8,11-14,16H2,1-2H3,(H,24,26)(H2,21,22,23);1H. The van der Waals surface area contributed by atoms with Crippen molar-refractivity contribution >= 4 is 41.5 Å². The van der Waals surface area contributed by atoms with Gasteiger partial charge < -0.3 is 20.9 Å². The van der Waals surface area contributed by atoms with Crippen LogP contribution in [-0.4, -0.2) is 50.0 Å². The van der Waals surface area contributed by atoms with Crippen molar-refractivity contribution in [2.24, 2.45) is 4.99 Å². The molecule has 1 heterocycles. The molecule has 0 saturated carbocycles. The number of carbonyl (C=O) groups is 1. The van der Waals surface area contributed by atoms with Gasteiger partial charge in [-0.3, -0.25) is 9.79 Å². The molecule has 0 atom stereocenters. The van der Waals surface area contributed by atoms with E-state index in [4.69, 9.17) is 0 Å². The number of amides is 1. The van der Waals surface area contributed by atoms with Gasteiger partial charge in [0.15, 0.2) is 5.96 Å². The average molecular weight is 487 g/mol. The van der Waals surface area contributed by atoms with E-state index < -0.39 is 0 Å². The lowest BCUT2D eigenvalue weighted by Crippen LogP contribution is -2.42. The van der Waals surface area contributed by atoms with Crippen molar-refractivity contribution in [3.63, 3.8) is 0 Å². The van der Waals surface area contributed by atoms with Gasteiger partial charge in [-0.2, -0.15) is 0 Å². The predicted octanol–water partition coefficient (Wildman–Crippen LogP) is 3.19. The van der Waals surface area contributed by atoms with E-state index in [9.17, 15) is 4.79 Å². The maximum atomic E-state index is 11.7. The Balaban J connectivity index is 0.00000364. The van der Waals surface area contributed by atoms with E-state index in [1.54, 1.807) is 7.05 Å². The molecule has 27 heavy (non-hydrogen) atoms. The Bertz CT molecular complexity index is 587. The van der Waals surface area contributed by atoms with Crippen LogP contribution in [0.2, 0.25) is 0 Å². The van der Waals surface area contributed by atoms with E-state index in [0.29, 0.717) is 13.0 Å². The monoisotopic (exact) mass is 487 g/mol. The van der Waals surface area contributed by atoms with Gasteiger partial charge in [0.25, 0.3) is 0 Å². The molecular weight excluding hydrogens is 453 g/mol. The number of guanidine groups is 1. The molecule has 0 aromatic heterocycles. The first kappa shape index (κ1) is 23.7. The SMILES string of the molecule is CCCC(=O)Nc1cccc(CNC(=NC)NCCN2CCCCC2)c1.I. The number of hydrogen-bond acceptors (Lipinski definition) is 3. The van der Waals surface area contributed by atoms with Crippen molar-refractivity contribution in [3.8, 4) is 0 Å². The van der Waals surface area contributed by atoms with E-state index in [1.807, 2.05) is 31.2 Å². The molecule has 0 radical (unpaired) electrons. The zero-order valence-corrected chi connectivity index (χ0v) is 18.9. The van der Waals surface area contributed by atoms with Gasteiger partial charge >= 0.3 is 0 Å². The third-order valence-electron chi connectivity index (χ3n) is 4.54. The van der Waals surface area contributed by atoms with Gasteiger partial charge in [0.2, 0.25) is 5.91 Å². The highest BCUT2D eigenvalue weighted by molar-refractivity contribution is 14.0. The summed E-state index contributed by atoms with van der Waals surface area (Å²) in [7, 11) is 1.79. The molecule has 1 saturated heterocycles. The van der Waals surface area contributed by atoms with Crippen LogP contribution >= 0.6 is 24.0 Å². The van der Waals surface area contributed by atoms with Gasteiger partial charge in [0.05, 0.1) is 0 Å². The Morgan fingerprint density at radius 3 is 2.67 bits per heavy atom. The quantitative estimate of drug-likeness (QED) is 0.299. The number of rotatable bonds is 8. The van der Waals surface area contributed by atoms with E-state index >= 15 is 0 Å². The summed E-state index contributed by atoms with van der Waals surface area (Å²) in [5.41, 5.74) is 1.95. The Hall–Kier alpha value is -1.35. The first-order valence-electron chi connectivity index (χ1n) is 9.77.